The first kappa shape index (κ1) is 24.5. The number of anilines is 2. The van der Waals surface area contributed by atoms with Gasteiger partial charge >= 0.3 is 0 Å². The van der Waals surface area contributed by atoms with Gasteiger partial charge in [0.15, 0.2) is 0 Å². The summed E-state index contributed by atoms with van der Waals surface area (Å²) in [6.45, 7) is 20.3. The highest BCUT2D eigenvalue weighted by molar-refractivity contribution is 5.84. The van der Waals surface area contributed by atoms with Gasteiger partial charge in [-0.2, -0.15) is 0 Å². The Bertz CT molecular complexity index is 799. The predicted molar refractivity (Wildman–Crippen MR) is 134 cm³/mol. The minimum absolute atomic E-state index is 0.328. The topological polar surface area (TPSA) is 30.9 Å². The van der Waals surface area contributed by atoms with Crippen molar-refractivity contribution in [3.63, 3.8) is 0 Å². The number of benzene rings is 1. The van der Waals surface area contributed by atoms with E-state index < -0.39 is 0 Å². The molecule has 1 heterocycles. The molecule has 1 aliphatic rings. The highest BCUT2D eigenvalue weighted by Crippen LogP contribution is 2.46. The second-order valence-corrected chi connectivity index (χ2v) is 8.75. The van der Waals surface area contributed by atoms with Gasteiger partial charge in [0.05, 0.1) is 11.7 Å². The Kier molecular flexibility index (Phi) is 8.15. The zero-order chi connectivity index (χ0) is 22.7. The van der Waals surface area contributed by atoms with Crippen molar-refractivity contribution in [2.24, 2.45) is 4.99 Å². The van der Waals surface area contributed by atoms with Gasteiger partial charge in [-0.3, -0.25) is 5.01 Å². The lowest BCUT2D eigenvalue weighted by Gasteiger charge is -2.36. The van der Waals surface area contributed by atoms with Gasteiger partial charge in [-0.1, -0.05) is 27.7 Å². The monoisotopic (exact) mass is 412 g/mol. The van der Waals surface area contributed by atoms with Crippen molar-refractivity contribution in [2.75, 3.05) is 24.4 Å². The summed E-state index contributed by atoms with van der Waals surface area (Å²) in [6.07, 6.45) is 4.35. The average molecular weight is 413 g/mol. The summed E-state index contributed by atoms with van der Waals surface area (Å²) in [7, 11) is 4.26. The van der Waals surface area contributed by atoms with Gasteiger partial charge in [0.25, 0.3) is 0 Å². The standard InChI is InChI=1S/C26H44N4/c1-12-16(5)28-26-17(6)20(9)29(11)30(26)25-18(7)22(15-4)23(21(13-2)14-3)24(27-10)19(25)8/h20-21,27H,12-15H2,1-11H3. The molecule has 1 atom stereocenters. The van der Waals surface area contributed by atoms with E-state index in [1.165, 1.54) is 57.8 Å². The van der Waals surface area contributed by atoms with Gasteiger partial charge in [-0.25, -0.2) is 10.0 Å². The normalized spacial score (nSPS) is 18.2. The number of likely N-dealkylation sites (N-methyl/N-ethyl adjacent to an activating group) is 1. The first-order valence-electron chi connectivity index (χ1n) is 11.8. The van der Waals surface area contributed by atoms with Crippen LogP contribution in [0, 0.1) is 13.8 Å². The molecule has 0 radical (unpaired) electrons. The van der Waals surface area contributed by atoms with Gasteiger partial charge in [-0.15, -0.1) is 0 Å². The Balaban J connectivity index is 2.87. The van der Waals surface area contributed by atoms with E-state index >= 15 is 0 Å². The van der Waals surface area contributed by atoms with Crippen LogP contribution in [0.5, 0.6) is 0 Å². The van der Waals surface area contributed by atoms with Crippen LogP contribution < -0.4 is 10.3 Å². The maximum atomic E-state index is 5.08. The molecule has 1 aromatic carbocycles. The summed E-state index contributed by atoms with van der Waals surface area (Å²) in [5, 5.41) is 8.31. The maximum Gasteiger partial charge on any atom is 0.148 e. The molecule has 30 heavy (non-hydrogen) atoms. The van der Waals surface area contributed by atoms with Crippen LogP contribution in [-0.4, -0.2) is 30.9 Å². The molecule has 1 aromatic rings. The number of aliphatic imine (C=N–C) groups is 1. The van der Waals surface area contributed by atoms with E-state index in [9.17, 15) is 0 Å². The zero-order valence-corrected chi connectivity index (χ0v) is 21.3. The Morgan fingerprint density at radius 1 is 1.07 bits per heavy atom. The molecule has 1 unspecified atom stereocenters. The third kappa shape index (κ3) is 4.03. The average Bonchev–Trinajstić information content (AvgIpc) is 2.93. The van der Waals surface area contributed by atoms with E-state index in [1.807, 2.05) is 0 Å². The third-order valence-electron chi connectivity index (χ3n) is 7.21. The molecule has 168 valence electrons. The quantitative estimate of drug-likeness (QED) is 0.468. The van der Waals surface area contributed by atoms with E-state index in [4.69, 9.17) is 4.99 Å². The third-order valence-corrected chi connectivity index (χ3v) is 7.21. The first-order valence-corrected chi connectivity index (χ1v) is 11.8. The van der Waals surface area contributed by atoms with Crippen molar-refractivity contribution >= 4 is 17.1 Å². The molecule has 0 saturated heterocycles. The van der Waals surface area contributed by atoms with Gasteiger partial charge in [0.2, 0.25) is 0 Å². The van der Waals surface area contributed by atoms with Gasteiger partial charge in [-0.05, 0) is 94.0 Å². The fraction of sp³-hybridized carbons (Fsp3) is 0.654. The van der Waals surface area contributed by atoms with Crippen LogP contribution in [0.2, 0.25) is 0 Å². The first-order chi connectivity index (χ1) is 14.2. The van der Waals surface area contributed by atoms with Crippen LogP contribution in [0.15, 0.2) is 16.4 Å². The largest absolute Gasteiger partial charge is 0.388 e. The van der Waals surface area contributed by atoms with E-state index in [2.05, 4.69) is 91.7 Å². The van der Waals surface area contributed by atoms with Crippen LogP contribution in [0.4, 0.5) is 11.4 Å². The van der Waals surface area contributed by atoms with Crippen molar-refractivity contribution in [1.29, 1.82) is 0 Å². The highest BCUT2D eigenvalue weighted by Gasteiger charge is 2.36. The Hall–Kier alpha value is -1.81. The van der Waals surface area contributed by atoms with Crippen LogP contribution >= 0.6 is 0 Å². The van der Waals surface area contributed by atoms with Crippen molar-refractivity contribution in [1.82, 2.24) is 5.01 Å². The molecular formula is C26H44N4. The summed E-state index contributed by atoms with van der Waals surface area (Å²) in [4.78, 5) is 5.08. The Morgan fingerprint density at radius 2 is 1.67 bits per heavy atom. The molecule has 0 saturated carbocycles. The maximum absolute atomic E-state index is 5.08. The zero-order valence-electron chi connectivity index (χ0n) is 21.3. The molecule has 1 aliphatic heterocycles. The number of hydrazine groups is 1. The molecule has 0 aliphatic carbocycles. The Labute approximate surface area is 185 Å². The number of nitrogens with one attached hydrogen (secondary N) is 1. The van der Waals surface area contributed by atoms with Gasteiger partial charge < -0.3 is 5.32 Å². The highest BCUT2D eigenvalue weighted by atomic mass is 15.7. The lowest BCUT2D eigenvalue weighted by atomic mass is 9.83. The molecule has 0 amide bonds. The lowest BCUT2D eigenvalue weighted by molar-refractivity contribution is 0.310. The van der Waals surface area contributed by atoms with Crippen molar-refractivity contribution in [3.05, 3.63) is 33.6 Å². The van der Waals surface area contributed by atoms with Gasteiger partial charge in [0.1, 0.15) is 5.82 Å². The van der Waals surface area contributed by atoms with Crippen LogP contribution in [-0.2, 0) is 6.42 Å². The SMILES string of the molecule is CCC(C)=NC1=C(C)C(C)N(C)N1c1c(C)c(CC)c(C(CC)CC)c(NC)c1C. The molecule has 0 aromatic heterocycles. The van der Waals surface area contributed by atoms with Crippen LogP contribution in [0.3, 0.4) is 0 Å². The molecular weight excluding hydrogens is 368 g/mol. The number of hydrogen-bond donors (Lipinski definition) is 1. The van der Waals surface area contributed by atoms with Gasteiger partial charge in [0, 0.05) is 25.5 Å². The summed E-state index contributed by atoms with van der Waals surface area (Å²) in [5.74, 6) is 1.68. The molecule has 0 fully saturated rings. The Morgan fingerprint density at radius 3 is 2.13 bits per heavy atom. The second kappa shape index (κ2) is 10.00. The van der Waals surface area contributed by atoms with E-state index in [0.717, 1.165) is 18.7 Å². The molecule has 4 heteroatoms. The summed E-state index contributed by atoms with van der Waals surface area (Å²) in [5.41, 5.74) is 10.8. The van der Waals surface area contributed by atoms with Crippen LogP contribution in [0.1, 0.15) is 95.9 Å². The lowest BCUT2D eigenvalue weighted by Crippen LogP contribution is -2.39. The molecule has 0 spiro atoms. The number of rotatable bonds is 8. The van der Waals surface area contributed by atoms with Crippen LogP contribution in [0.25, 0.3) is 0 Å². The minimum Gasteiger partial charge on any atom is -0.388 e. The molecule has 4 nitrogen and oxygen atoms in total. The predicted octanol–water partition coefficient (Wildman–Crippen LogP) is 6.97. The summed E-state index contributed by atoms with van der Waals surface area (Å²) in [6, 6.07) is 0.328. The van der Waals surface area contributed by atoms with Crippen molar-refractivity contribution in [3.8, 4) is 0 Å². The smallest absolute Gasteiger partial charge is 0.148 e. The van der Waals surface area contributed by atoms with Crippen molar-refractivity contribution < 1.29 is 0 Å². The minimum atomic E-state index is 0.328. The number of hydrogen-bond acceptors (Lipinski definition) is 4. The number of nitrogens with zero attached hydrogens (tertiary/aromatic N) is 3. The molecule has 1 N–H and O–H groups in total. The van der Waals surface area contributed by atoms with Crippen molar-refractivity contribution in [2.45, 2.75) is 100.0 Å². The fourth-order valence-corrected chi connectivity index (χ4v) is 4.96. The molecule has 0 bridgehead atoms. The van der Waals surface area contributed by atoms with E-state index in [-0.39, 0.29) is 0 Å². The fourth-order valence-electron chi connectivity index (χ4n) is 4.96. The summed E-state index contributed by atoms with van der Waals surface area (Å²) >= 11 is 0. The second-order valence-electron chi connectivity index (χ2n) is 8.75. The van der Waals surface area contributed by atoms with E-state index in [0.29, 0.717) is 12.0 Å². The van der Waals surface area contributed by atoms with E-state index in [1.54, 1.807) is 0 Å². The molecule has 2 rings (SSSR count). The summed E-state index contributed by atoms with van der Waals surface area (Å²) < 4.78 is 0.